The molecule has 25 heavy (non-hydrogen) atoms. The molecule has 0 saturated carbocycles. The first-order valence-corrected chi connectivity index (χ1v) is 9.41. The molecular weight excluding hydrogens is 343 g/mol. The lowest BCUT2D eigenvalue weighted by Gasteiger charge is -2.15. The van der Waals surface area contributed by atoms with E-state index in [1.807, 2.05) is 24.3 Å². The lowest BCUT2D eigenvalue weighted by Crippen LogP contribution is -2.32. The first kappa shape index (κ1) is 19.4. The van der Waals surface area contributed by atoms with Crippen LogP contribution in [0, 0.1) is 5.82 Å². The molecule has 0 spiro atoms. The molecule has 0 saturated heterocycles. The fourth-order valence-corrected chi connectivity index (χ4v) is 3.41. The van der Waals surface area contributed by atoms with Crippen molar-refractivity contribution >= 4 is 10.0 Å². The van der Waals surface area contributed by atoms with Crippen LogP contribution in [0.1, 0.15) is 36.9 Å². The highest BCUT2D eigenvalue weighted by Gasteiger charge is 2.18. The fourth-order valence-electron chi connectivity index (χ4n) is 2.34. The van der Waals surface area contributed by atoms with Gasteiger partial charge in [-0.05, 0) is 35.2 Å². The van der Waals surface area contributed by atoms with Crippen LogP contribution in [0.25, 0.3) is 0 Å². The molecule has 0 amide bonds. The smallest absolute Gasteiger partial charge is 0.240 e. The van der Waals surface area contributed by atoms with Gasteiger partial charge in [-0.1, -0.05) is 38.1 Å². The first-order chi connectivity index (χ1) is 11.7. The van der Waals surface area contributed by atoms with E-state index in [-0.39, 0.29) is 17.2 Å². The van der Waals surface area contributed by atoms with E-state index in [2.05, 4.69) is 18.6 Å². The summed E-state index contributed by atoms with van der Waals surface area (Å²) in [5.74, 6) is -0.339. The highest BCUT2D eigenvalue weighted by Crippen LogP contribution is 2.21. The van der Waals surface area contributed by atoms with Crippen LogP contribution >= 0.6 is 0 Å². The van der Waals surface area contributed by atoms with Crippen LogP contribution in [0.5, 0.6) is 5.75 Å². The average Bonchev–Trinajstić information content (AvgIpc) is 2.59. The quantitative estimate of drug-likeness (QED) is 0.789. The Labute approximate surface area is 148 Å². The molecule has 0 aliphatic rings. The number of methoxy groups -OCH3 is 1. The largest absolute Gasteiger partial charge is 0.494 e. The summed E-state index contributed by atoms with van der Waals surface area (Å²) in [5.41, 5.74) is 8.07. The van der Waals surface area contributed by atoms with Crippen LogP contribution < -0.4 is 15.2 Å². The second-order valence-electron chi connectivity index (χ2n) is 6.08. The van der Waals surface area contributed by atoms with E-state index in [0.717, 1.165) is 11.6 Å². The molecule has 0 radical (unpaired) electrons. The van der Waals surface area contributed by atoms with Crippen molar-refractivity contribution in [2.24, 2.45) is 5.73 Å². The molecule has 0 heterocycles. The second-order valence-corrected chi connectivity index (χ2v) is 7.84. The van der Waals surface area contributed by atoms with Crippen molar-refractivity contribution in [3.63, 3.8) is 0 Å². The van der Waals surface area contributed by atoms with Gasteiger partial charge in [0.25, 0.3) is 0 Å². The van der Waals surface area contributed by atoms with E-state index in [1.54, 1.807) is 0 Å². The number of hydrogen-bond acceptors (Lipinski definition) is 4. The highest BCUT2D eigenvalue weighted by atomic mass is 32.2. The van der Waals surface area contributed by atoms with Crippen LogP contribution in [-0.4, -0.2) is 22.1 Å². The first-order valence-electron chi connectivity index (χ1n) is 7.93. The van der Waals surface area contributed by atoms with Crippen LogP contribution in [0.15, 0.2) is 47.4 Å². The van der Waals surface area contributed by atoms with E-state index < -0.39 is 21.9 Å². The van der Waals surface area contributed by atoms with Gasteiger partial charge in [-0.3, -0.25) is 0 Å². The van der Waals surface area contributed by atoms with Gasteiger partial charge in [0.05, 0.1) is 12.0 Å². The molecule has 2 rings (SSSR count). The molecule has 0 aliphatic heterocycles. The SMILES string of the molecule is COc1ccc(S(=O)(=O)NCC(N)c2ccc(C(C)C)cc2)cc1F. The number of rotatable bonds is 7. The fraction of sp³-hybridized carbons (Fsp3) is 0.333. The topological polar surface area (TPSA) is 81.4 Å². The molecule has 1 atom stereocenters. The predicted molar refractivity (Wildman–Crippen MR) is 95.6 cm³/mol. The van der Waals surface area contributed by atoms with Crippen LogP contribution in [-0.2, 0) is 10.0 Å². The number of benzene rings is 2. The molecule has 0 fully saturated rings. The zero-order chi connectivity index (χ0) is 18.6. The molecule has 7 heteroatoms. The Morgan fingerprint density at radius 3 is 2.24 bits per heavy atom. The Balaban J connectivity index is 2.07. The molecule has 2 aromatic carbocycles. The zero-order valence-electron chi connectivity index (χ0n) is 14.5. The summed E-state index contributed by atoms with van der Waals surface area (Å²) in [6, 6.07) is 10.7. The number of hydrogen-bond donors (Lipinski definition) is 2. The molecule has 136 valence electrons. The Bertz CT molecular complexity index is 821. The summed E-state index contributed by atoms with van der Waals surface area (Å²) in [7, 11) is -2.54. The minimum absolute atomic E-state index is 0.0109. The van der Waals surface area contributed by atoms with E-state index in [4.69, 9.17) is 10.5 Å². The van der Waals surface area contributed by atoms with Crippen LogP contribution in [0.2, 0.25) is 0 Å². The van der Waals surface area contributed by atoms with Gasteiger partial charge in [0.15, 0.2) is 11.6 Å². The van der Waals surface area contributed by atoms with E-state index in [1.165, 1.54) is 24.8 Å². The Morgan fingerprint density at radius 1 is 1.12 bits per heavy atom. The predicted octanol–water partition coefficient (Wildman–Crippen LogP) is 2.94. The maximum absolute atomic E-state index is 13.7. The molecule has 1 unspecified atom stereocenters. The Hall–Kier alpha value is -1.96. The minimum Gasteiger partial charge on any atom is -0.494 e. The van der Waals surface area contributed by atoms with E-state index >= 15 is 0 Å². The summed E-state index contributed by atoms with van der Waals surface area (Å²) in [6.45, 7) is 4.20. The van der Waals surface area contributed by atoms with Crippen molar-refractivity contribution in [2.75, 3.05) is 13.7 Å². The third kappa shape index (κ3) is 4.78. The molecule has 5 nitrogen and oxygen atoms in total. The number of nitrogens with one attached hydrogen (secondary N) is 1. The third-order valence-electron chi connectivity index (χ3n) is 3.96. The number of nitrogens with two attached hydrogens (primary N) is 1. The van der Waals surface area contributed by atoms with Crippen LogP contribution in [0.3, 0.4) is 0 Å². The maximum atomic E-state index is 13.7. The van der Waals surface area contributed by atoms with Gasteiger partial charge in [0, 0.05) is 12.6 Å². The van der Waals surface area contributed by atoms with Crippen molar-refractivity contribution in [1.29, 1.82) is 0 Å². The molecule has 3 N–H and O–H groups in total. The summed E-state index contributed by atoms with van der Waals surface area (Å²) in [6.07, 6.45) is 0. The standard InChI is InChI=1S/C18H23FN2O3S/c1-12(2)13-4-6-14(7-5-13)17(20)11-21-25(22,23)15-8-9-18(24-3)16(19)10-15/h4-10,12,17,21H,11,20H2,1-3H3. The molecule has 0 bridgehead atoms. The maximum Gasteiger partial charge on any atom is 0.240 e. The Morgan fingerprint density at radius 2 is 1.72 bits per heavy atom. The lowest BCUT2D eigenvalue weighted by atomic mass is 9.99. The van der Waals surface area contributed by atoms with Gasteiger partial charge in [-0.25, -0.2) is 17.5 Å². The summed E-state index contributed by atoms with van der Waals surface area (Å²) in [5, 5.41) is 0. The van der Waals surface area contributed by atoms with Gasteiger partial charge in [-0.2, -0.15) is 0 Å². The summed E-state index contributed by atoms with van der Waals surface area (Å²) >= 11 is 0. The number of halogens is 1. The number of ether oxygens (including phenoxy) is 1. The van der Waals surface area contributed by atoms with Crippen molar-refractivity contribution in [3.8, 4) is 5.75 Å². The third-order valence-corrected chi connectivity index (χ3v) is 5.38. The molecule has 0 aliphatic carbocycles. The van der Waals surface area contributed by atoms with Crippen molar-refractivity contribution in [3.05, 3.63) is 59.4 Å². The number of sulfonamides is 1. The zero-order valence-corrected chi connectivity index (χ0v) is 15.3. The van der Waals surface area contributed by atoms with Crippen molar-refractivity contribution < 1.29 is 17.5 Å². The monoisotopic (exact) mass is 366 g/mol. The van der Waals surface area contributed by atoms with E-state index in [9.17, 15) is 12.8 Å². The summed E-state index contributed by atoms with van der Waals surface area (Å²) < 4.78 is 45.5. The van der Waals surface area contributed by atoms with Crippen molar-refractivity contribution in [1.82, 2.24) is 4.72 Å². The average molecular weight is 366 g/mol. The molecule has 2 aromatic rings. The van der Waals surface area contributed by atoms with Gasteiger partial charge in [0.1, 0.15) is 0 Å². The van der Waals surface area contributed by atoms with Gasteiger partial charge < -0.3 is 10.5 Å². The molecular formula is C18H23FN2O3S. The van der Waals surface area contributed by atoms with Crippen molar-refractivity contribution in [2.45, 2.75) is 30.7 Å². The molecule has 0 aromatic heterocycles. The van der Waals surface area contributed by atoms with Gasteiger partial charge in [0.2, 0.25) is 10.0 Å². The Kier molecular flexibility index (Phi) is 6.16. The van der Waals surface area contributed by atoms with Gasteiger partial charge in [-0.15, -0.1) is 0 Å². The minimum atomic E-state index is -3.86. The summed E-state index contributed by atoms with van der Waals surface area (Å²) in [4.78, 5) is -0.173. The van der Waals surface area contributed by atoms with Crippen LogP contribution in [0.4, 0.5) is 4.39 Å². The normalized spacial score (nSPS) is 13.0. The van der Waals surface area contributed by atoms with Gasteiger partial charge >= 0.3 is 0 Å². The van der Waals surface area contributed by atoms with E-state index in [0.29, 0.717) is 5.92 Å². The lowest BCUT2D eigenvalue weighted by molar-refractivity contribution is 0.385. The highest BCUT2D eigenvalue weighted by molar-refractivity contribution is 7.89. The second kappa shape index (κ2) is 7.95.